The molecule has 2 heteroatoms. The highest BCUT2D eigenvalue weighted by molar-refractivity contribution is 6.30. The van der Waals surface area contributed by atoms with E-state index in [1.165, 1.54) is 12.0 Å². The minimum absolute atomic E-state index is 0.216. The zero-order valence-corrected chi connectivity index (χ0v) is 14.3. The van der Waals surface area contributed by atoms with Crippen LogP contribution in [-0.4, -0.2) is 12.2 Å². The molecular formula is C20H25ClO. The first-order chi connectivity index (χ1) is 10.7. The Balaban J connectivity index is 2.11. The molecule has 0 fully saturated rings. The van der Waals surface area contributed by atoms with Crippen LogP contribution in [0.2, 0.25) is 0 Å². The Bertz CT molecular complexity index is 556. The maximum atomic E-state index is 6.54. The van der Waals surface area contributed by atoms with Crippen molar-refractivity contribution in [2.45, 2.75) is 45.1 Å². The van der Waals surface area contributed by atoms with Crippen LogP contribution in [-0.2, 0) is 4.74 Å². The molecule has 22 heavy (non-hydrogen) atoms. The van der Waals surface area contributed by atoms with E-state index < -0.39 is 0 Å². The number of hydrogen-bond acceptors (Lipinski definition) is 1. The van der Waals surface area contributed by atoms with Gasteiger partial charge in [0.1, 0.15) is 0 Å². The topological polar surface area (TPSA) is 9.23 Å². The molecule has 1 aliphatic carbocycles. The smallest absolute Gasteiger partial charge is 0.0914 e. The van der Waals surface area contributed by atoms with Crippen LogP contribution in [0.4, 0.5) is 0 Å². The summed E-state index contributed by atoms with van der Waals surface area (Å²) in [7, 11) is 0. The normalized spacial score (nSPS) is 21.8. The second kappa shape index (κ2) is 8.36. The van der Waals surface area contributed by atoms with Gasteiger partial charge in [0.05, 0.1) is 5.60 Å². The van der Waals surface area contributed by atoms with Crippen molar-refractivity contribution in [3.8, 4) is 0 Å². The standard InChI is InChI=1S/C20H25ClO/c1-3-5-14-20(22-4-2)15-13-18(19(21)16-20)12-11-17-9-7-6-8-10-17/h6-13,15H,3-5,14,16H2,1-2H3. The highest BCUT2D eigenvalue weighted by atomic mass is 35.5. The van der Waals surface area contributed by atoms with Gasteiger partial charge in [-0.1, -0.05) is 86.0 Å². The molecule has 0 bridgehead atoms. The molecule has 1 aliphatic rings. The lowest BCUT2D eigenvalue weighted by Crippen LogP contribution is -2.32. The molecular weight excluding hydrogens is 292 g/mol. The summed E-state index contributed by atoms with van der Waals surface area (Å²) < 4.78 is 6.02. The van der Waals surface area contributed by atoms with Crippen LogP contribution in [0.5, 0.6) is 0 Å². The van der Waals surface area contributed by atoms with Gasteiger partial charge in [-0.05, 0) is 24.5 Å². The summed E-state index contributed by atoms with van der Waals surface area (Å²) >= 11 is 6.54. The molecule has 0 saturated carbocycles. The van der Waals surface area contributed by atoms with Gasteiger partial charge in [0, 0.05) is 18.1 Å². The molecule has 0 aliphatic heterocycles. The first kappa shape index (κ1) is 17.1. The van der Waals surface area contributed by atoms with Crippen molar-refractivity contribution in [3.63, 3.8) is 0 Å². The number of benzene rings is 1. The minimum Gasteiger partial charge on any atom is -0.371 e. The summed E-state index contributed by atoms with van der Waals surface area (Å²) in [5.74, 6) is 0. The Kier molecular flexibility index (Phi) is 6.48. The van der Waals surface area contributed by atoms with Crippen molar-refractivity contribution in [2.24, 2.45) is 0 Å². The molecule has 0 aromatic heterocycles. The monoisotopic (exact) mass is 316 g/mol. The lowest BCUT2D eigenvalue weighted by molar-refractivity contribution is -0.00817. The van der Waals surface area contributed by atoms with Crippen molar-refractivity contribution in [2.75, 3.05) is 6.61 Å². The van der Waals surface area contributed by atoms with Gasteiger partial charge in [0.2, 0.25) is 0 Å². The first-order valence-corrected chi connectivity index (χ1v) is 8.52. The van der Waals surface area contributed by atoms with Gasteiger partial charge in [0.15, 0.2) is 0 Å². The van der Waals surface area contributed by atoms with Crippen LogP contribution in [0.25, 0.3) is 6.08 Å². The average molecular weight is 317 g/mol. The zero-order chi connectivity index (χ0) is 15.8. The molecule has 1 aromatic carbocycles. The molecule has 1 unspecified atom stereocenters. The van der Waals surface area contributed by atoms with E-state index in [-0.39, 0.29) is 5.60 Å². The van der Waals surface area contributed by atoms with E-state index in [1.54, 1.807) is 0 Å². The maximum absolute atomic E-state index is 6.54. The number of rotatable bonds is 7. The highest BCUT2D eigenvalue weighted by Gasteiger charge is 2.31. The molecule has 0 spiro atoms. The van der Waals surface area contributed by atoms with E-state index >= 15 is 0 Å². The van der Waals surface area contributed by atoms with Crippen molar-refractivity contribution in [1.82, 2.24) is 0 Å². The van der Waals surface area contributed by atoms with E-state index in [0.717, 1.165) is 29.9 Å². The van der Waals surface area contributed by atoms with Crippen molar-refractivity contribution in [1.29, 1.82) is 0 Å². The Labute approximate surface area is 139 Å². The third kappa shape index (κ3) is 4.59. The predicted molar refractivity (Wildman–Crippen MR) is 96.0 cm³/mol. The fraction of sp³-hybridized carbons (Fsp3) is 0.400. The summed E-state index contributed by atoms with van der Waals surface area (Å²) in [6.45, 7) is 4.97. The zero-order valence-electron chi connectivity index (χ0n) is 13.5. The number of unbranched alkanes of at least 4 members (excludes halogenated alkanes) is 1. The van der Waals surface area contributed by atoms with Crippen molar-refractivity contribution < 1.29 is 4.74 Å². The lowest BCUT2D eigenvalue weighted by Gasteiger charge is -2.33. The molecule has 0 saturated heterocycles. The van der Waals surface area contributed by atoms with Gasteiger partial charge in [-0.25, -0.2) is 0 Å². The van der Waals surface area contributed by atoms with Crippen LogP contribution >= 0.6 is 11.6 Å². The van der Waals surface area contributed by atoms with E-state index in [9.17, 15) is 0 Å². The molecule has 0 radical (unpaired) electrons. The Morgan fingerprint density at radius 2 is 1.95 bits per heavy atom. The van der Waals surface area contributed by atoms with Crippen molar-refractivity contribution in [3.05, 3.63) is 64.7 Å². The second-order valence-electron chi connectivity index (χ2n) is 5.72. The SMILES string of the molecule is CCCCC1(OCC)C=CC(C=Cc2ccccc2)=C(Cl)C1. The first-order valence-electron chi connectivity index (χ1n) is 8.14. The third-order valence-electron chi connectivity index (χ3n) is 3.97. The molecule has 118 valence electrons. The number of ether oxygens (including phenoxy) is 1. The van der Waals surface area contributed by atoms with Gasteiger partial charge in [-0.3, -0.25) is 0 Å². The van der Waals surface area contributed by atoms with Crippen LogP contribution in [0.1, 0.15) is 45.1 Å². The lowest BCUT2D eigenvalue weighted by atomic mass is 9.86. The maximum Gasteiger partial charge on any atom is 0.0914 e. The van der Waals surface area contributed by atoms with E-state index in [4.69, 9.17) is 16.3 Å². The number of allylic oxidation sites excluding steroid dienone is 3. The fourth-order valence-corrected chi connectivity index (χ4v) is 3.11. The van der Waals surface area contributed by atoms with Crippen molar-refractivity contribution >= 4 is 17.7 Å². The number of halogens is 1. The van der Waals surface area contributed by atoms with E-state index in [1.807, 2.05) is 25.1 Å². The van der Waals surface area contributed by atoms with Crippen LogP contribution in [0.3, 0.4) is 0 Å². The molecule has 0 amide bonds. The van der Waals surface area contributed by atoms with Gasteiger partial charge in [-0.2, -0.15) is 0 Å². The fourth-order valence-electron chi connectivity index (χ4n) is 2.76. The third-order valence-corrected chi connectivity index (χ3v) is 4.33. The largest absolute Gasteiger partial charge is 0.371 e. The Morgan fingerprint density at radius 3 is 2.59 bits per heavy atom. The summed E-state index contributed by atoms with van der Waals surface area (Å²) in [5.41, 5.74) is 2.05. The summed E-state index contributed by atoms with van der Waals surface area (Å²) in [5, 5.41) is 0.888. The van der Waals surface area contributed by atoms with Gasteiger partial charge in [0.25, 0.3) is 0 Å². The Morgan fingerprint density at radius 1 is 1.18 bits per heavy atom. The van der Waals surface area contributed by atoms with Gasteiger partial charge < -0.3 is 4.74 Å². The number of hydrogen-bond donors (Lipinski definition) is 0. The molecule has 1 atom stereocenters. The summed E-state index contributed by atoms with van der Waals surface area (Å²) in [6, 6.07) is 10.3. The highest BCUT2D eigenvalue weighted by Crippen LogP contribution is 2.36. The van der Waals surface area contributed by atoms with Gasteiger partial charge in [-0.15, -0.1) is 0 Å². The predicted octanol–water partition coefficient (Wildman–Crippen LogP) is 6.12. The summed E-state index contributed by atoms with van der Waals surface area (Å²) in [6.07, 6.45) is 12.6. The molecule has 0 N–H and O–H groups in total. The van der Waals surface area contributed by atoms with E-state index in [0.29, 0.717) is 6.61 Å². The molecule has 0 heterocycles. The van der Waals surface area contributed by atoms with E-state index in [2.05, 4.69) is 43.4 Å². The molecule has 2 rings (SSSR count). The molecule has 1 aromatic rings. The second-order valence-corrected chi connectivity index (χ2v) is 6.17. The summed E-state index contributed by atoms with van der Waals surface area (Å²) in [4.78, 5) is 0. The van der Waals surface area contributed by atoms with Gasteiger partial charge >= 0.3 is 0 Å². The average Bonchev–Trinajstić information content (AvgIpc) is 2.54. The quantitative estimate of drug-likeness (QED) is 0.589. The van der Waals surface area contributed by atoms with Crippen LogP contribution < -0.4 is 0 Å². The Hall–Kier alpha value is -1.31. The van der Waals surface area contributed by atoms with Crippen LogP contribution in [0, 0.1) is 0 Å². The van der Waals surface area contributed by atoms with Crippen LogP contribution in [0.15, 0.2) is 59.2 Å². The molecule has 1 nitrogen and oxygen atoms in total. The minimum atomic E-state index is -0.216.